The summed E-state index contributed by atoms with van der Waals surface area (Å²) < 4.78 is 11.5. The Morgan fingerprint density at radius 1 is 1.39 bits per heavy atom. The minimum atomic E-state index is 0. The summed E-state index contributed by atoms with van der Waals surface area (Å²) in [5, 5.41) is 3.31. The fourth-order valence-corrected chi connectivity index (χ4v) is 2.31. The molecule has 1 N–H and O–H groups in total. The molecule has 18 heavy (non-hydrogen) atoms. The number of morpholine rings is 1. The van der Waals surface area contributed by atoms with Crippen LogP contribution in [0.4, 0.5) is 0 Å². The molecule has 98 valence electrons. The van der Waals surface area contributed by atoms with Gasteiger partial charge in [0.15, 0.2) is 0 Å². The van der Waals surface area contributed by atoms with Crippen LogP contribution < -0.4 is 10.1 Å². The van der Waals surface area contributed by atoms with Crippen molar-refractivity contribution in [2.75, 3.05) is 26.3 Å². The topological polar surface area (TPSA) is 30.5 Å². The molecule has 1 fully saturated rings. The van der Waals surface area contributed by atoms with Crippen molar-refractivity contribution < 1.29 is 9.47 Å². The first kappa shape index (κ1) is 13.6. The number of allylic oxidation sites excluding steroid dienone is 1. The van der Waals surface area contributed by atoms with Crippen LogP contribution in [0.5, 0.6) is 5.75 Å². The van der Waals surface area contributed by atoms with E-state index >= 15 is 0 Å². The van der Waals surface area contributed by atoms with E-state index in [0.29, 0.717) is 6.61 Å². The second-order valence-corrected chi connectivity index (χ2v) is 4.44. The average Bonchev–Trinajstić information content (AvgIpc) is 2.86. The van der Waals surface area contributed by atoms with E-state index in [1.54, 1.807) is 0 Å². The molecule has 0 radical (unpaired) electrons. The summed E-state index contributed by atoms with van der Waals surface area (Å²) in [5.74, 6) is 1.00. The first-order valence-electron chi connectivity index (χ1n) is 6.17. The van der Waals surface area contributed by atoms with Gasteiger partial charge in [-0.2, -0.15) is 0 Å². The SMILES string of the molecule is Br.C1=Cc2cccc(OCC3CNCCO3)c2C1. The van der Waals surface area contributed by atoms with Crippen LogP contribution in [0.25, 0.3) is 6.08 Å². The molecule has 4 heteroatoms. The van der Waals surface area contributed by atoms with Crippen molar-refractivity contribution in [3.05, 3.63) is 35.4 Å². The number of benzene rings is 1. The highest BCUT2D eigenvalue weighted by molar-refractivity contribution is 8.93. The second kappa shape index (κ2) is 6.36. The van der Waals surface area contributed by atoms with E-state index in [1.807, 2.05) is 12.1 Å². The highest BCUT2D eigenvalue weighted by Gasteiger charge is 2.16. The minimum absolute atomic E-state index is 0. The van der Waals surface area contributed by atoms with Gasteiger partial charge in [0.05, 0.1) is 6.61 Å². The van der Waals surface area contributed by atoms with Gasteiger partial charge in [0.1, 0.15) is 18.5 Å². The number of rotatable bonds is 3. The predicted molar refractivity (Wildman–Crippen MR) is 77.6 cm³/mol. The summed E-state index contributed by atoms with van der Waals surface area (Å²) in [5.41, 5.74) is 2.58. The van der Waals surface area contributed by atoms with Crippen LogP contribution in [-0.2, 0) is 11.2 Å². The lowest BCUT2D eigenvalue weighted by Crippen LogP contribution is -2.41. The van der Waals surface area contributed by atoms with Crippen LogP contribution in [0, 0.1) is 0 Å². The Bertz CT molecular complexity index is 428. The standard InChI is InChI=1S/C14H17NO2.BrH/c1-3-11-4-2-6-14(13(11)5-1)17-10-12-9-15-7-8-16-12;/h1-4,6,12,15H,5,7-10H2;1H. The summed E-state index contributed by atoms with van der Waals surface area (Å²) in [6.07, 6.45) is 5.49. The zero-order valence-electron chi connectivity index (χ0n) is 10.2. The number of hydrogen-bond donors (Lipinski definition) is 1. The molecule has 0 amide bonds. The number of nitrogens with one attached hydrogen (secondary N) is 1. The Morgan fingerprint density at radius 3 is 3.17 bits per heavy atom. The lowest BCUT2D eigenvalue weighted by molar-refractivity contribution is 0.0000403. The molecular formula is C14H18BrNO2. The van der Waals surface area contributed by atoms with Crippen molar-refractivity contribution in [3.63, 3.8) is 0 Å². The van der Waals surface area contributed by atoms with Crippen molar-refractivity contribution in [2.45, 2.75) is 12.5 Å². The van der Waals surface area contributed by atoms with Gasteiger partial charge in [-0.25, -0.2) is 0 Å². The van der Waals surface area contributed by atoms with E-state index in [4.69, 9.17) is 9.47 Å². The van der Waals surface area contributed by atoms with Crippen molar-refractivity contribution in [3.8, 4) is 5.75 Å². The Hall–Kier alpha value is -0.840. The number of halogens is 1. The molecule has 2 aliphatic rings. The van der Waals surface area contributed by atoms with Crippen LogP contribution in [0.15, 0.2) is 24.3 Å². The van der Waals surface area contributed by atoms with Crippen molar-refractivity contribution in [1.82, 2.24) is 5.32 Å². The van der Waals surface area contributed by atoms with Gasteiger partial charge in [-0.05, 0) is 18.1 Å². The fraction of sp³-hybridized carbons (Fsp3) is 0.429. The Kier molecular flexibility index (Phi) is 4.80. The maximum Gasteiger partial charge on any atom is 0.123 e. The third kappa shape index (κ3) is 2.94. The van der Waals surface area contributed by atoms with Crippen LogP contribution in [-0.4, -0.2) is 32.4 Å². The average molecular weight is 312 g/mol. The lowest BCUT2D eigenvalue weighted by Gasteiger charge is -2.24. The monoisotopic (exact) mass is 311 g/mol. The fourth-order valence-electron chi connectivity index (χ4n) is 2.31. The Balaban J connectivity index is 0.00000120. The molecule has 3 rings (SSSR count). The van der Waals surface area contributed by atoms with Crippen molar-refractivity contribution >= 4 is 23.1 Å². The number of hydrogen-bond acceptors (Lipinski definition) is 3. The van der Waals surface area contributed by atoms with Gasteiger partial charge in [-0.3, -0.25) is 0 Å². The van der Waals surface area contributed by atoms with Crippen molar-refractivity contribution in [2.24, 2.45) is 0 Å². The van der Waals surface area contributed by atoms with E-state index < -0.39 is 0 Å². The largest absolute Gasteiger partial charge is 0.491 e. The van der Waals surface area contributed by atoms with Crippen LogP contribution >= 0.6 is 17.0 Å². The quantitative estimate of drug-likeness (QED) is 0.928. The molecule has 1 atom stereocenters. The van der Waals surface area contributed by atoms with Crippen LogP contribution in [0.1, 0.15) is 11.1 Å². The lowest BCUT2D eigenvalue weighted by atomic mass is 10.1. The third-order valence-electron chi connectivity index (χ3n) is 3.22. The maximum atomic E-state index is 5.88. The van der Waals surface area contributed by atoms with Gasteiger partial charge in [0.2, 0.25) is 0 Å². The molecular weight excluding hydrogens is 294 g/mol. The molecule has 0 bridgehead atoms. The molecule has 0 saturated carbocycles. The molecule has 0 spiro atoms. The van der Waals surface area contributed by atoms with Gasteiger partial charge in [0, 0.05) is 18.7 Å². The van der Waals surface area contributed by atoms with Crippen molar-refractivity contribution in [1.29, 1.82) is 0 Å². The zero-order valence-corrected chi connectivity index (χ0v) is 11.9. The summed E-state index contributed by atoms with van der Waals surface area (Å²) in [7, 11) is 0. The highest BCUT2D eigenvalue weighted by atomic mass is 79.9. The third-order valence-corrected chi connectivity index (χ3v) is 3.22. The summed E-state index contributed by atoms with van der Waals surface area (Å²) in [6, 6.07) is 6.22. The zero-order chi connectivity index (χ0) is 11.5. The van der Waals surface area contributed by atoms with E-state index in [2.05, 4.69) is 23.5 Å². The molecule has 1 unspecified atom stereocenters. The van der Waals surface area contributed by atoms with Gasteiger partial charge < -0.3 is 14.8 Å². The molecule has 1 aromatic rings. The van der Waals surface area contributed by atoms with E-state index in [1.165, 1.54) is 11.1 Å². The maximum absolute atomic E-state index is 5.88. The summed E-state index contributed by atoms with van der Waals surface area (Å²) in [4.78, 5) is 0. The summed E-state index contributed by atoms with van der Waals surface area (Å²) in [6.45, 7) is 3.24. The normalized spacial score (nSPS) is 21.2. The minimum Gasteiger partial charge on any atom is -0.491 e. The first-order chi connectivity index (χ1) is 8.43. The smallest absolute Gasteiger partial charge is 0.123 e. The van der Waals surface area contributed by atoms with Gasteiger partial charge in [-0.15, -0.1) is 17.0 Å². The van der Waals surface area contributed by atoms with Crippen LogP contribution in [0.3, 0.4) is 0 Å². The Labute approximate surface area is 118 Å². The van der Waals surface area contributed by atoms with E-state index in [0.717, 1.165) is 31.9 Å². The van der Waals surface area contributed by atoms with E-state index in [-0.39, 0.29) is 23.1 Å². The highest BCUT2D eigenvalue weighted by Crippen LogP contribution is 2.28. The second-order valence-electron chi connectivity index (χ2n) is 4.44. The van der Waals surface area contributed by atoms with Gasteiger partial charge in [0.25, 0.3) is 0 Å². The number of fused-ring (bicyclic) bond motifs is 1. The van der Waals surface area contributed by atoms with E-state index in [9.17, 15) is 0 Å². The molecule has 1 aromatic carbocycles. The molecule has 1 saturated heterocycles. The number of ether oxygens (including phenoxy) is 2. The van der Waals surface area contributed by atoms with Gasteiger partial charge >= 0.3 is 0 Å². The Morgan fingerprint density at radius 2 is 2.33 bits per heavy atom. The first-order valence-corrected chi connectivity index (χ1v) is 6.17. The summed E-state index contributed by atoms with van der Waals surface area (Å²) >= 11 is 0. The molecule has 0 aromatic heterocycles. The molecule has 1 aliphatic carbocycles. The van der Waals surface area contributed by atoms with Crippen LogP contribution in [0.2, 0.25) is 0 Å². The molecule has 3 nitrogen and oxygen atoms in total. The molecule has 1 heterocycles. The van der Waals surface area contributed by atoms with Gasteiger partial charge in [-0.1, -0.05) is 24.3 Å². The molecule has 1 aliphatic heterocycles. The predicted octanol–water partition coefficient (Wildman–Crippen LogP) is 2.20.